The molecule has 11 rings (SSSR count). The molecule has 3 aromatic carbocycles. The van der Waals surface area contributed by atoms with Crippen LogP contribution >= 0.6 is 0 Å². The van der Waals surface area contributed by atoms with Gasteiger partial charge in [0.25, 0.3) is 0 Å². The number of imidazole rings is 2. The normalized spacial score (nSPS) is 21.5. The SMILES string of the molecule is COC(=O)NC1(C(=O)N2CCC[C@H]2c2ncc(-c3ccc4c(c3)O[C@@H](c3ccccc3)n3c-4cc4cc(-c5cnc([C@@H]6CCCN6C(=O)C6(NC(=O)OC)CCOCC6)[nH]5)ccc43)[nH]2)CCOCC1. The molecule has 4 amide bonds. The van der Waals surface area contributed by atoms with Crippen LogP contribution in [-0.4, -0.2) is 123 Å². The third-order valence-corrected chi connectivity index (χ3v) is 14.7. The van der Waals surface area contributed by atoms with Gasteiger partial charge in [-0.05, 0) is 56.0 Å². The summed E-state index contributed by atoms with van der Waals surface area (Å²) >= 11 is 0. The third kappa shape index (κ3) is 7.94. The molecule has 4 saturated heterocycles. The molecule has 69 heavy (non-hydrogen) atoms. The summed E-state index contributed by atoms with van der Waals surface area (Å²) in [5.74, 6) is 1.81. The fraction of sp³-hybridized carbons (Fsp3) is 0.412. The van der Waals surface area contributed by atoms with Crippen LogP contribution in [0.2, 0.25) is 0 Å². The number of aromatic nitrogens is 5. The highest BCUT2D eigenvalue weighted by molar-refractivity contribution is 5.93. The van der Waals surface area contributed by atoms with Crippen LogP contribution in [0.15, 0.2) is 85.2 Å². The molecule has 18 heteroatoms. The minimum atomic E-state index is -1.11. The summed E-state index contributed by atoms with van der Waals surface area (Å²) < 4.78 is 30.2. The Bertz CT molecular complexity index is 2910. The van der Waals surface area contributed by atoms with Crippen molar-refractivity contribution in [3.63, 3.8) is 0 Å². The summed E-state index contributed by atoms with van der Waals surface area (Å²) in [7, 11) is 2.60. The van der Waals surface area contributed by atoms with Crippen molar-refractivity contribution in [2.75, 3.05) is 53.7 Å². The molecule has 0 saturated carbocycles. The van der Waals surface area contributed by atoms with Crippen LogP contribution in [0.3, 0.4) is 0 Å². The standard InChI is InChI=1S/C51H55N9O9/c1-65-48(63)56-50(16-22-67-23-17-50)46(61)58-20-6-10-39(58)43-52-29-36(54-43)32-13-15-38-34(26-32)27-41-35-14-12-33(28-42(35)69-45(60(38)41)31-8-4-3-5-9-31)37-30-53-44(55-37)40-11-7-21-59(40)47(62)51(57-49(64)66-2)18-24-68-25-19-51/h3-5,8-9,12-15,26-30,39-40,45H,6-7,10-11,16-25H2,1-2H3,(H,52,54)(H,53,55)(H,56,63)(H,57,64)/t39-,40-,45-/m0/s1. The Morgan fingerprint density at radius 3 is 1.77 bits per heavy atom. The Labute approximate surface area is 398 Å². The van der Waals surface area contributed by atoms with E-state index in [9.17, 15) is 19.2 Å². The van der Waals surface area contributed by atoms with Gasteiger partial charge >= 0.3 is 12.2 Å². The van der Waals surface area contributed by atoms with E-state index in [1.807, 2.05) is 40.3 Å². The Balaban J connectivity index is 0.876. The monoisotopic (exact) mass is 937 g/mol. The van der Waals surface area contributed by atoms with E-state index in [2.05, 4.69) is 73.7 Å². The zero-order valence-corrected chi connectivity index (χ0v) is 38.6. The second-order valence-corrected chi connectivity index (χ2v) is 18.6. The number of H-pyrrole nitrogens is 2. The fourth-order valence-electron chi connectivity index (χ4n) is 11.0. The Hall–Kier alpha value is -7.18. The van der Waals surface area contributed by atoms with Crippen LogP contribution < -0.4 is 15.4 Å². The highest BCUT2D eigenvalue weighted by Gasteiger charge is 2.49. The van der Waals surface area contributed by atoms with Gasteiger partial charge in [0.05, 0.1) is 61.3 Å². The molecule has 5 aliphatic rings. The molecule has 0 radical (unpaired) electrons. The van der Waals surface area contributed by atoms with Crippen LogP contribution in [0.1, 0.15) is 86.9 Å². The van der Waals surface area contributed by atoms with Gasteiger partial charge in [0.15, 0.2) is 0 Å². The summed E-state index contributed by atoms with van der Waals surface area (Å²) in [5, 5.41) is 6.73. The van der Waals surface area contributed by atoms with Crippen LogP contribution in [0.25, 0.3) is 44.7 Å². The van der Waals surface area contributed by atoms with Crippen molar-refractivity contribution in [2.45, 2.75) is 80.8 Å². The predicted octanol–water partition coefficient (Wildman–Crippen LogP) is 7.17. The molecule has 4 N–H and O–H groups in total. The van der Waals surface area contributed by atoms with Gasteiger partial charge in [-0.25, -0.2) is 19.6 Å². The van der Waals surface area contributed by atoms with E-state index in [-0.39, 0.29) is 23.9 Å². The van der Waals surface area contributed by atoms with Gasteiger partial charge in [-0.2, -0.15) is 0 Å². The lowest BCUT2D eigenvalue weighted by Crippen LogP contribution is -2.61. The van der Waals surface area contributed by atoms with E-state index in [4.69, 9.17) is 33.7 Å². The van der Waals surface area contributed by atoms with Crippen molar-refractivity contribution in [1.29, 1.82) is 0 Å². The number of likely N-dealkylation sites (tertiary alicyclic amines) is 2. The van der Waals surface area contributed by atoms with E-state index in [0.29, 0.717) is 76.8 Å². The molecule has 3 aromatic heterocycles. The van der Waals surface area contributed by atoms with E-state index in [1.165, 1.54) is 14.2 Å². The molecule has 6 aromatic rings. The minimum Gasteiger partial charge on any atom is -0.465 e. The largest absolute Gasteiger partial charge is 0.465 e. The molecule has 3 atom stereocenters. The molecule has 0 unspecified atom stereocenters. The fourth-order valence-corrected chi connectivity index (χ4v) is 11.0. The number of nitrogens with one attached hydrogen (secondary N) is 4. The summed E-state index contributed by atoms with van der Waals surface area (Å²) in [4.78, 5) is 73.8. The van der Waals surface area contributed by atoms with Gasteiger partial charge in [0.1, 0.15) is 28.5 Å². The lowest BCUT2D eigenvalue weighted by molar-refractivity contribution is -0.144. The highest BCUT2D eigenvalue weighted by atomic mass is 16.5. The smallest absolute Gasteiger partial charge is 0.407 e. The van der Waals surface area contributed by atoms with Gasteiger partial charge in [-0.1, -0.05) is 42.5 Å². The van der Waals surface area contributed by atoms with Gasteiger partial charge in [-0.3, -0.25) is 9.59 Å². The summed E-state index contributed by atoms with van der Waals surface area (Å²) in [6, 6.07) is 24.3. The van der Waals surface area contributed by atoms with E-state index in [1.54, 1.807) is 6.20 Å². The number of alkyl carbamates (subject to hydrolysis) is 2. The molecule has 0 aliphatic carbocycles. The van der Waals surface area contributed by atoms with Crippen molar-refractivity contribution in [1.82, 2.24) is 44.9 Å². The molecule has 8 heterocycles. The van der Waals surface area contributed by atoms with Crippen molar-refractivity contribution < 1.29 is 42.9 Å². The Morgan fingerprint density at radius 1 is 0.681 bits per heavy atom. The average molecular weight is 938 g/mol. The second kappa shape index (κ2) is 18.0. The summed E-state index contributed by atoms with van der Waals surface area (Å²) in [5.41, 5.74) is 5.18. The number of methoxy groups -OCH3 is 2. The second-order valence-electron chi connectivity index (χ2n) is 18.6. The van der Waals surface area contributed by atoms with Gasteiger partial charge in [0, 0.05) is 92.8 Å². The summed E-state index contributed by atoms with van der Waals surface area (Å²) in [6.45, 7) is 2.57. The van der Waals surface area contributed by atoms with E-state index in [0.717, 1.165) is 81.7 Å². The van der Waals surface area contributed by atoms with Gasteiger partial charge in [0.2, 0.25) is 18.0 Å². The number of amides is 4. The van der Waals surface area contributed by atoms with Crippen molar-refractivity contribution in [3.8, 4) is 39.5 Å². The number of hydrogen-bond donors (Lipinski definition) is 4. The first-order chi connectivity index (χ1) is 33.7. The molecule has 4 fully saturated rings. The number of carbonyl (C=O) groups excluding carboxylic acids is 4. The quantitative estimate of drug-likeness (QED) is 0.114. The van der Waals surface area contributed by atoms with Crippen LogP contribution in [-0.2, 0) is 28.5 Å². The molecular formula is C51H55N9O9. The molecule has 5 aliphatic heterocycles. The molecule has 18 nitrogen and oxygen atoms in total. The number of rotatable bonds is 9. The zero-order valence-electron chi connectivity index (χ0n) is 38.6. The lowest BCUT2D eigenvalue weighted by Gasteiger charge is -2.40. The van der Waals surface area contributed by atoms with Crippen LogP contribution in [0.4, 0.5) is 9.59 Å². The maximum Gasteiger partial charge on any atom is 0.407 e. The van der Waals surface area contributed by atoms with Crippen LogP contribution in [0, 0.1) is 0 Å². The Morgan fingerprint density at radius 2 is 1.22 bits per heavy atom. The van der Waals surface area contributed by atoms with Crippen LogP contribution in [0.5, 0.6) is 5.75 Å². The number of ether oxygens (including phenoxy) is 5. The molecule has 0 spiro atoms. The van der Waals surface area contributed by atoms with Crippen molar-refractivity contribution in [2.24, 2.45) is 0 Å². The predicted molar refractivity (Wildman–Crippen MR) is 252 cm³/mol. The average Bonchev–Trinajstić information content (AvgIpc) is 4.26. The topological polar surface area (TPSA) is 207 Å². The molecule has 358 valence electrons. The van der Waals surface area contributed by atoms with Crippen molar-refractivity contribution in [3.05, 3.63) is 102 Å². The highest BCUT2D eigenvalue weighted by Crippen LogP contribution is 2.46. The first kappa shape index (κ1) is 44.3. The number of hydrogen-bond acceptors (Lipinski definition) is 11. The Kier molecular flexibility index (Phi) is 11.6. The number of fused-ring (bicyclic) bond motifs is 5. The number of carbonyl (C=O) groups is 4. The number of nitrogens with zero attached hydrogens (tertiary/aromatic N) is 5. The van der Waals surface area contributed by atoms with Crippen molar-refractivity contribution >= 4 is 34.9 Å². The number of aromatic amines is 2. The molecule has 0 bridgehead atoms. The van der Waals surface area contributed by atoms with Gasteiger partial charge < -0.3 is 58.7 Å². The first-order valence-corrected chi connectivity index (χ1v) is 23.8. The van der Waals surface area contributed by atoms with Gasteiger partial charge in [-0.15, -0.1) is 0 Å². The summed E-state index contributed by atoms with van der Waals surface area (Å²) in [6.07, 6.45) is 6.44. The zero-order chi connectivity index (χ0) is 47.3. The first-order valence-electron chi connectivity index (χ1n) is 23.8. The number of benzene rings is 3. The minimum absolute atomic E-state index is 0.144. The maximum absolute atomic E-state index is 14.3. The van der Waals surface area contributed by atoms with E-state index < -0.39 is 29.5 Å². The molecular weight excluding hydrogens is 883 g/mol. The lowest BCUT2D eigenvalue weighted by atomic mass is 9.88. The van der Waals surface area contributed by atoms with E-state index >= 15 is 0 Å². The maximum atomic E-state index is 14.3. The third-order valence-electron chi connectivity index (χ3n) is 14.7.